The predicted octanol–water partition coefficient (Wildman–Crippen LogP) is 2.84. The van der Waals surface area contributed by atoms with Crippen molar-refractivity contribution in [3.05, 3.63) is 60.2 Å². The minimum Gasteiger partial charge on any atom is -0.497 e. The normalized spacial score (nSPS) is 13.8. The van der Waals surface area contributed by atoms with Gasteiger partial charge in [0.1, 0.15) is 5.75 Å². The smallest absolute Gasteiger partial charge is 0.254 e. The van der Waals surface area contributed by atoms with Gasteiger partial charge in [0.25, 0.3) is 5.91 Å². The third-order valence-corrected chi connectivity index (χ3v) is 5.42. The van der Waals surface area contributed by atoms with Crippen molar-refractivity contribution in [1.82, 2.24) is 14.8 Å². The lowest BCUT2D eigenvalue weighted by Crippen LogP contribution is -2.46. The molecule has 0 radical (unpaired) electrons. The lowest BCUT2D eigenvalue weighted by molar-refractivity contribution is -0.135. The second-order valence-electron chi connectivity index (χ2n) is 7.46. The van der Waals surface area contributed by atoms with Gasteiger partial charge in [0.15, 0.2) is 0 Å². The van der Waals surface area contributed by atoms with E-state index < -0.39 is 0 Å². The Hall–Kier alpha value is -3.45. The summed E-state index contributed by atoms with van der Waals surface area (Å²) < 4.78 is 10.5. The summed E-state index contributed by atoms with van der Waals surface area (Å²) >= 11 is 0. The fraction of sp³-hybridized carbons (Fsp3) is 0.292. The molecule has 7 heteroatoms. The van der Waals surface area contributed by atoms with Crippen LogP contribution in [0.25, 0.3) is 22.2 Å². The van der Waals surface area contributed by atoms with E-state index in [4.69, 9.17) is 14.5 Å². The number of benzene rings is 2. The van der Waals surface area contributed by atoms with Gasteiger partial charge in [-0.2, -0.15) is 0 Å². The van der Waals surface area contributed by atoms with Crippen LogP contribution >= 0.6 is 0 Å². The third kappa shape index (κ3) is 4.51. The van der Waals surface area contributed by atoms with Gasteiger partial charge in [-0.15, -0.1) is 0 Å². The monoisotopic (exact) mass is 419 g/mol. The van der Waals surface area contributed by atoms with Crippen molar-refractivity contribution in [3.63, 3.8) is 0 Å². The number of amides is 2. The standard InChI is InChI=1S/C24H25N3O4/c1-26(16-23(28)27-11-13-31-14-12-27)24(29)20-15-22(17-7-9-18(30-2)10-8-17)25-21-6-4-3-5-19(20)21/h3-10,15H,11-14,16H2,1-2H3. The Balaban J connectivity index is 1.64. The zero-order valence-electron chi connectivity index (χ0n) is 17.7. The Bertz CT molecular complexity index is 1090. The summed E-state index contributed by atoms with van der Waals surface area (Å²) in [4.78, 5) is 33.9. The highest BCUT2D eigenvalue weighted by Crippen LogP contribution is 2.27. The van der Waals surface area contributed by atoms with Crippen molar-refractivity contribution >= 4 is 22.7 Å². The lowest BCUT2D eigenvalue weighted by atomic mass is 10.0. The third-order valence-electron chi connectivity index (χ3n) is 5.42. The van der Waals surface area contributed by atoms with E-state index in [-0.39, 0.29) is 18.4 Å². The summed E-state index contributed by atoms with van der Waals surface area (Å²) in [6.07, 6.45) is 0. The van der Waals surface area contributed by atoms with Gasteiger partial charge in [-0.25, -0.2) is 4.98 Å². The van der Waals surface area contributed by atoms with E-state index in [1.165, 1.54) is 4.90 Å². The number of likely N-dealkylation sites (N-methyl/N-ethyl adjacent to an activating group) is 1. The van der Waals surface area contributed by atoms with Crippen LogP contribution < -0.4 is 4.74 Å². The number of methoxy groups -OCH3 is 1. The summed E-state index contributed by atoms with van der Waals surface area (Å²) in [7, 11) is 3.27. The van der Waals surface area contributed by atoms with Crippen LogP contribution in [-0.4, -0.2) is 73.6 Å². The molecule has 4 rings (SSSR count). The minimum atomic E-state index is -0.213. The highest BCUT2D eigenvalue weighted by atomic mass is 16.5. The van der Waals surface area contributed by atoms with Gasteiger partial charge in [-0.05, 0) is 36.4 Å². The molecular weight excluding hydrogens is 394 g/mol. The maximum Gasteiger partial charge on any atom is 0.254 e. The number of rotatable bonds is 5. The van der Waals surface area contributed by atoms with E-state index >= 15 is 0 Å². The van der Waals surface area contributed by atoms with Crippen LogP contribution in [0.3, 0.4) is 0 Å². The van der Waals surface area contributed by atoms with Crippen LogP contribution in [-0.2, 0) is 9.53 Å². The fourth-order valence-electron chi connectivity index (χ4n) is 3.66. The lowest BCUT2D eigenvalue weighted by Gasteiger charge is -2.29. The molecule has 0 unspecified atom stereocenters. The maximum absolute atomic E-state index is 13.3. The Morgan fingerprint density at radius 1 is 1.10 bits per heavy atom. The molecule has 0 aliphatic carbocycles. The van der Waals surface area contributed by atoms with E-state index in [0.29, 0.717) is 37.6 Å². The first-order chi connectivity index (χ1) is 15.1. The topological polar surface area (TPSA) is 72.0 Å². The van der Waals surface area contributed by atoms with Crippen molar-refractivity contribution < 1.29 is 19.1 Å². The molecule has 3 aromatic rings. The summed E-state index contributed by atoms with van der Waals surface area (Å²) in [5, 5.41) is 0.760. The molecule has 1 aliphatic rings. The largest absolute Gasteiger partial charge is 0.497 e. The molecule has 1 aromatic heterocycles. The van der Waals surface area contributed by atoms with Crippen LogP contribution in [0.15, 0.2) is 54.6 Å². The van der Waals surface area contributed by atoms with Gasteiger partial charge < -0.3 is 19.3 Å². The highest BCUT2D eigenvalue weighted by Gasteiger charge is 2.23. The van der Waals surface area contributed by atoms with Crippen LogP contribution in [0.4, 0.5) is 0 Å². The van der Waals surface area contributed by atoms with Gasteiger partial charge in [0.05, 0.1) is 43.6 Å². The van der Waals surface area contributed by atoms with Crippen LogP contribution in [0.1, 0.15) is 10.4 Å². The van der Waals surface area contributed by atoms with Gasteiger partial charge in [0, 0.05) is 31.1 Å². The van der Waals surface area contributed by atoms with Crippen LogP contribution in [0.5, 0.6) is 5.75 Å². The molecule has 0 atom stereocenters. The summed E-state index contributed by atoms with van der Waals surface area (Å²) in [5.41, 5.74) is 2.83. The molecule has 0 saturated carbocycles. The first kappa shape index (κ1) is 20.8. The van der Waals surface area contributed by atoms with Crippen molar-refractivity contribution in [2.45, 2.75) is 0 Å². The quantitative estimate of drug-likeness (QED) is 0.636. The molecule has 0 spiro atoms. The Morgan fingerprint density at radius 3 is 2.52 bits per heavy atom. The first-order valence-electron chi connectivity index (χ1n) is 10.2. The average molecular weight is 419 g/mol. The number of nitrogens with zero attached hydrogens (tertiary/aromatic N) is 3. The second-order valence-corrected chi connectivity index (χ2v) is 7.46. The van der Waals surface area contributed by atoms with Crippen molar-refractivity contribution in [1.29, 1.82) is 0 Å². The van der Waals surface area contributed by atoms with Gasteiger partial charge >= 0.3 is 0 Å². The Kier molecular flexibility index (Phi) is 6.13. The van der Waals surface area contributed by atoms with E-state index in [2.05, 4.69) is 0 Å². The molecule has 2 aromatic carbocycles. The summed E-state index contributed by atoms with van der Waals surface area (Å²) in [6, 6.07) is 16.9. The predicted molar refractivity (Wildman–Crippen MR) is 118 cm³/mol. The number of carbonyl (C=O) groups is 2. The summed E-state index contributed by atoms with van der Waals surface area (Å²) in [5.74, 6) is 0.463. The molecule has 0 bridgehead atoms. The van der Waals surface area contributed by atoms with Gasteiger partial charge in [0.2, 0.25) is 5.91 Å². The zero-order valence-corrected chi connectivity index (χ0v) is 17.7. The van der Waals surface area contributed by atoms with Crippen LogP contribution in [0.2, 0.25) is 0 Å². The van der Waals surface area contributed by atoms with Crippen molar-refractivity contribution in [3.8, 4) is 17.0 Å². The maximum atomic E-state index is 13.3. The molecule has 160 valence electrons. The zero-order chi connectivity index (χ0) is 21.8. The molecule has 31 heavy (non-hydrogen) atoms. The average Bonchev–Trinajstić information content (AvgIpc) is 2.83. The van der Waals surface area contributed by atoms with E-state index in [0.717, 1.165) is 22.2 Å². The van der Waals surface area contributed by atoms with Crippen molar-refractivity contribution in [2.24, 2.45) is 0 Å². The van der Waals surface area contributed by atoms with Crippen molar-refractivity contribution in [2.75, 3.05) is 47.0 Å². The van der Waals surface area contributed by atoms with Gasteiger partial charge in [-0.1, -0.05) is 18.2 Å². The number of aromatic nitrogens is 1. The molecule has 1 saturated heterocycles. The minimum absolute atomic E-state index is 0.0212. The number of morpholine rings is 1. The second kappa shape index (κ2) is 9.14. The number of ether oxygens (including phenoxy) is 2. The molecule has 2 heterocycles. The highest BCUT2D eigenvalue weighted by molar-refractivity contribution is 6.07. The van der Waals surface area contributed by atoms with E-state index in [9.17, 15) is 9.59 Å². The number of pyridine rings is 1. The molecule has 1 fully saturated rings. The number of carbonyl (C=O) groups excluding carboxylic acids is 2. The molecule has 2 amide bonds. The molecule has 0 N–H and O–H groups in total. The fourth-order valence-corrected chi connectivity index (χ4v) is 3.66. The molecule has 1 aliphatic heterocycles. The molecular formula is C24H25N3O4. The molecule has 7 nitrogen and oxygen atoms in total. The first-order valence-corrected chi connectivity index (χ1v) is 10.2. The van der Waals surface area contributed by atoms with E-state index in [1.54, 1.807) is 25.1 Å². The summed E-state index contributed by atoms with van der Waals surface area (Å²) in [6.45, 7) is 2.20. The van der Waals surface area contributed by atoms with Gasteiger partial charge in [-0.3, -0.25) is 9.59 Å². The number of fused-ring (bicyclic) bond motifs is 1. The number of para-hydroxylation sites is 1. The SMILES string of the molecule is COc1ccc(-c2cc(C(=O)N(C)CC(=O)N3CCOCC3)c3ccccc3n2)cc1. The van der Waals surface area contributed by atoms with Crippen LogP contribution in [0, 0.1) is 0 Å². The number of hydrogen-bond acceptors (Lipinski definition) is 5. The Labute approximate surface area is 181 Å². The number of hydrogen-bond donors (Lipinski definition) is 0. The Morgan fingerprint density at radius 2 is 1.81 bits per heavy atom. The van der Waals surface area contributed by atoms with E-state index in [1.807, 2.05) is 48.5 Å².